The van der Waals surface area contributed by atoms with E-state index in [-0.39, 0.29) is 18.3 Å². The number of hydrogen-bond acceptors (Lipinski definition) is 2. The van der Waals surface area contributed by atoms with Crippen molar-refractivity contribution in [3.63, 3.8) is 0 Å². The summed E-state index contributed by atoms with van der Waals surface area (Å²) in [7, 11) is 0. The summed E-state index contributed by atoms with van der Waals surface area (Å²) in [6.07, 6.45) is 11.2. The van der Waals surface area contributed by atoms with Crippen LogP contribution in [0.1, 0.15) is 64.7 Å². The van der Waals surface area contributed by atoms with Gasteiger partial charge in [0.15, 0.2) is 11.6 Å². The first-order valence-electron chi connectivity index (χ1n) is 11.4. The highest BCUT2D eigenvalue weighted by Gasteiger charge is 2.32. The van der Waals surface area contributed by atoms with Crippen molar-refractivity contribution in [2.75, 3.05) is 13.2 Å². The lowest BCUT2D eigenvalue weighted by Crippen LogP contribution is -2.29. The van der Waals surface area contributed by atoms with Crippen molar-refractivity contribution >= 4 is 0 Å². The molecule has 4 heteroatoms. The first kappa shape index (κ1) is 22.1. The Morgan fingerprint density at radius 3 is 2.28 bits per heavy atom. The van der Waals surface area contributed by atoms with E-state index in [0.29, 0.717) is 24.7 Å². The van der Waals surface area contributed by atoms with Crippen LogP contribution in [0.3, 0.4) is 0 Å². The Bertz CT molecular complexity index is 632. The predicted octanol–water partition coefficient (Wildman–Crippen LogP) is 7.13. The van der Waals surface area contributed by atoms with Crippen LogP contribution in [0.5, 0.6) is 11.5 Å². The molecule has 2 fully saturated rings. The van der Waals surface area contributed by atoms with Crippen LogP contribution in [0, 0.1) is 29.5 Å². The van der Waals surface area contributed by atoms with Crippen molar-refractivity contribution < 1.29 is 18.3 Å². The van der Waals surface area contributed by atoms with Gasteiger partial charge in [-0.25, -0.2) is 8.78 Å². The number of alkyl halides is 1. The number of ether oxygens (including phenoxy) is 2. The number of rotatable bonds is 9. The summed E-state index contributed by atoms with van der Waals surface area (Å²) in [6, 6.07) is 4.54. The van der Waals surface area contributed by atoms with E-state index in [4.69, 9.17) is 9.47 Å². The molecule has 1 atom stereocenters. The van der Waals surface area contributed by atoms with E-state index >= 15 is 0 Å². The number of benzene rings is 1. The van der Waals surface area contributed by atoms with Gasteiger partial charge in [0.05, 0.1) is 13.2 Å². The second-order valence-electron chi connectivity index (χ2n) is 8.76. The predicted molar refractivity (Wildman–Crippen MR) is 114 cm³/mol. The van der Waals surface area contributed by atoms with E-state index in [1.807, 2.05) is 6.92 Å². The van der Waals surface area contributed by atoms with Crippen molar-refractivity contribution in [2.45, 2.75) is 70.9 Å². The Kier molecular flexibility index (Phi) is 8.38. The van der Waals surface area contributed by atoms with Crippen LogP contribution in [-0.2, 0) is 0 Å². The maximum absolute atomic E-state index is 14.7. The molecule has 0 spiro atoms. The normalized spacial score (nSPS) is 28.5. The fraction of sp³-hybridized carbons (Fsp3) is 0.680. The van der Waals surface area contributed by atoms with Gasteiger partial charge in [-0.1, -0.05) is 6.08 Å². The van der Waals surface area contributed by atoms with Crippen LogP contribution in [0.25, 0.3) is 0 Å². The Hall–Kier alpha value is -1.58. The molecule has 29 heavy (non-hydrogen) atoms. The van der Waals surface area contributed by atoms with Gasteiger partial charge >= 0.3 is 0 Å². The van der Waals surface area contributed by atoms with Gasteiger partial charge in [-0.05, 0) is 94.1 Å². The van der Waals surface area contributed by atoms with Gasteiger partial charge in [-0.3, -0.25) is 0 Å². The quantitative estimate of drug-likeness (QED) is 0.406. The molecule has 2 aliphatic rings. The summed E-state index contributed by atoms with van der Waals surface area (Å²) in [5.74, 6) is 2.69. The van der Waals surface area contributed by atoms with Crippen molar-refractivity contribution in [3.8, 4) is 11.5 Å². The third-order valence-corrected chi connectivity index (χ3v) is 7.01. The maximum Gasteiger partial charge on any atom is 0.168 e. The Morgan fingerprint density at radius 2 is 1.69 bits per heavy atom. The van der Waals surface area contributed by atoms with Crippen molar-refractivity contribution in [2.24, 2.45) is 23.7 Å². The van der Waals surface area contributed by atoms with Crippen LogP contribution >= 0.6 is 0 Å². The lowest BCUT2D eigenvalue weighted by molar-refractivity contribution is 0.0993. The molecule has 0 aliphatic heterocycles. The molecule has 0 radical (unpaired) electrons. The van der Waals surface area contributed by atoms with Crippen LogP contribution in [0.2, 0.25) is 0 Å². The molecular weight excluding hydrogens is 370 g/mol. The molecule has 3 rings (SSSR count). The fourth-order valence-corrected chi connectivity index (χ4v) is 5.20. The summed E-state index contributed by atoms with van der Waals surface area (Å²) >= 11 is 0. The molecule has 0 N–H and O–H groups in total. The zero-order chi connectivity index (χ0) is 20.6. The van der Waals surface area contributed by atoms with Crippen LogP contribution < -0.4 is 9.47 Å². The van der Waals surface area contributed by atoms with Gasteiger partial charge in [0.25, 0.3) is 0 Å². The van der Waals surface area contributed by atoms with Gasteiger partial charge in [0, 0.05) is 12.5 Å². The minimum atomic E-state index is -0.833. The second-order valence-corrected chi connectivity index (χ2v) is 8.76. The monoisotopic (exact) mass is 406 g/mol. The molecule has 2 saturated carbocycles. The third-order valence-electron chi connectivity index (χ3n) is 7.01. The van der Waals surface area contributed by atoms with Crippen molar-refractivity contribution in [3.05, 3.63) is 36.7 Å². The molecule has 2 nitrogen and oxygen atoms in total. The molecule has 1 aromatic carbocycles. The first-order valence-corrected chi connectivity index (χ1v) is 11.4. The highest BCUT2D eigenvalue weighted by Crippen LogP contribution is 2.42. The average Bonchev–Trinajstić information content (AvgIpc) is 2.76. The van der Waals surface area contributed by atoms with Gasteiger partial charge in [0.1, 0.15) is 11.9 Å². The van der Waals surface area contributed by atoms with Crippen LogP contribution in [0.15, 0.2) is 30.9 Å². The summed E-state index contributed by atoms with van der Waals surface area (Å²) in [5.41, 5.74) is 0. The van der Waals surface area contributed by atoms with E-state index < -0.39 is 12.0 Å². The molecule has 2 aliphatic carbocycles. The van der Waals surface area contributed by atoms with Crippen LogP contribution in [0.4, 0.5) is 8.78 Å². The van der Waals surface area contributed by atoms with E-state index in [2.05, 4.69) is 12.7 Å². The first-order chi connectivity index (χ1) is 14.1. The molecule has 1 aromatic rings. The summed E-state index contributed by atoms with van der Waals surface area (Å²) in [5, 5.41) is 0. The minimum Gasteiger partial charge on any atom is -0.493 e. The summed E-state index contributed by atoms with van der Waals surface area (Å²) in [4.78, 5) is 0. The van der Waals surface area contributed by atoms with Crippen LogP contribution in [-0.4, -0.2) is 19.4 Å². The van der Waals surface area contributed by atoms with E-state index in [9.17, 15) is 8.78 Å². The minimum absolute atomic E-state index is 0.149. The fourth-order valence-electron chi connectivity index (χ4n) is 5.20. The van der Waals surface area contributed by atoms with E-state index in [1.54, 1.807) is 12.1 Å². The molecule has 1 unspecified atom stereocenters. The largest absolute Gasteiger partial charge is 0.493 e. The highest BCUT2D eigenvalue weighted by atomic mass is 19.1. The Morgan fingerprint density at radius 1 is 1.03 bits per heavy atom. The molecule has 0 amide bonds. The second kappa shape index (κ2) is 11.0. The number of allylic oxidation sites excluding steroid dienone is 1. The van der Waals surface area contributed by atoms with Gasteiger partial charge < -0.3 is 9.47 Å². The third kappa shape index (κ3) is 6.20. The number of hydrogen-bond donors (Lipinski definition) is 0. The summed E-state index contributed by atoms with van der Waals surface area (Å²) < 4.78 is 39.3. The standard InChI is InChI=1S/C25H36F2O2/c1-3-18-5-7-19(8-6-18)20-9-11-21(12-10-20)23(26)15-16-29-22-13-14-25(28-4-2)24(27)17-22/h3,13-14,17-21,23H,1,4-12,15-16H2,2H3. The molecule has 162 valence electrons. The average molecular weight is 407 g/mol. The highest BCUT2D eigenvalue weighted by molar-refractivity contribution is 5.33. The van der Waals surface area contributed by atoms with Crippen molar-refractivity contribution in [1.82, 2.24) is 0 Å². The molecule has 0 bridgehead atoms. The zero-order valence-electron chi connectivity index (χ0n) is 17.8. The van der Waals surface area contributed by atoms with Crippen molar-refractivity contribution in [1.29, 1.82) is 0 Å². The van der Waals surface area contributed by atoms with E-state index in [1.165, 1.54) is 44.6 Å². The van der Waals surface area contributed by atoms with Gasteiger partial charge in [-0.2, -0.15) is 0 Å². The number of halogens is 2. The lowest BCUT2D eigenvalue weighted by atomic mass is 9.68. The lowest BCUT2D eigenvalue weighted by Gasteiger charge is -2.38. The van der Waals surface area contributed by atoms with E-state index in [0.717, 1.165) is 24.7 Å². The Labute approximate surface area is 174 Å². The maximum atomic E-state index is 14.7. The summed E-state index contributed by atoms with van der Waals surface area (Å²) in [6.45, 7) is 6.44. The molecule has 0 aromatic heterocycles. The van der Waals surface area contributed by atoms with Gasteiger partial charge in [-0.15, -0.1) is 6.58 Å². The molecule has 0 heterocycles. The zero-order valence-corrected chi connectivity index (χ0v) is 17.8. The smallest absolute Gasteiger partial charge is 0.168 e. The molecule has 0 saturated heterocycles. The molecular formula is C25H36F2O2. The Balaban J connectivity index is 1.36. The van der Waals surface area contributed by atoms with Gasteiger partial charge in [0.2, 0.25) is 0 Å². The topological polar surface area (TPSA) is 18.5 Å². The SMILES string of the molecule is C=CC1CCC(C2CCC(C(F)CCOc3ccc(OCC)c(F)c3)CC2)CC1.